The minimum atomic E-state index is 0.201. The molecule has 2 aliphatic rings. The monoisotopic (exact) mass is 277 g/mol. The molecule has 0 saturated carbocycles. The summed E-state index contributed by atoms with van der Waals surface area (Å²) in [4.78, 5) is 0. The second-order valence-electron chi connectivity index (χ2n) is 7.04. The van der Waals surface area contributed by atoms with Gasteiger partial charge in [-0.25, -0.2) is 0 Å². The van der Waals surface area contributed by atoms with E-state index >= 15 is 0 Å². The third-order valence-electron chi connectivity index (χ3n) is 5.24. The van der Waals surface area contributed by atoms with Crippen molar-refractivity contribution < 1.29 is 0 Å². The Kier molecular flexibility index (Phi) is 2.93. The van der Waals surface area contributed by atoms with Gasteiger partial charge in [-0.3, -0.25) is 0 Å². The number of nitrogens with one attached hydrogen (secondary N) is 1. The van der Waals surface area contributed by atoms with Gasteiger partial charge in [0, 0.05) is 17.9 Å². The molecule has 0 radical (unpaired) electrons. The summed E-state index contributed by atoms with van der Waals surface area (Å²) in [7, 11) is 0. The fourth-order valence-electron chi connectivity index (χ4n) is 4.41. The van der Waals surface area contributed by atoms with Crippen LogP contribution in [0.4, 0.5) is 0 Å². The summed E-state index contributed by atoms with van der Waals surface area (Å²) in [5.41, 5.74) is 6.44. The molecule has 1 nitrogen and oxygen atoms in total. The van der Waals surface area contributed by atoms with Crippen LogP contribution in [0.3, 0.4) is 0 Å². The van der Waals surface area contributed by atoms with Crippen LogP contribution in [-0.4, -0.2) is 13.1 Å². The molecule has 2 aromatic rings. The van der Waals surface area contributed by atoms with Gasteiger partial charge in [0.15, 0.2) is 0 Å². The molecule has 0 aliphatic heterocycles. The Morgan fingerprint density at radius 2 is 1.57 bits per heavy atom. The van der Waals surface area contributed by atoms with Crippen LogP contribution in [0.15, 0.2) is 48.5 Å². The maximum Gasteiger partial charge on any atom is 0.0342 e. The van der Waals surface area contributed by atoms with Crippen LogP contribution in [0.5, 0.6) is 0 Å². The highest BCUT2D eigenvalue weighted by Gasteiger charge is 2.51. The summed E-state index contributed by atoms with van der Waals surface area (Å²) in [5, 5.41) is 3.73. The van der Waals surface area contributed by atoms with Crippen LogP contribution >= 0.6 is 0 Å². The summed E-state index contributed by atoms with van der Waals surface area (Å²) in [6, 6.07) is 18.2. The highest BCUT2D eigenvalue weighted by molar-refractivity contribution is 5.62. The molecule has 4 rings (SSSR count). The third-order valence-corrected chi connectivity index (χ3v) is 5.24. The number of rotatable bonds is 4. The zero-order valence-corrected chi connectivity index (χ0v) is 12.9. The Hall–Kier alpha value is -1.60. The number of hydrogen-bond acceptors (Lipinski definition) is 1. The van der Waals surface area contributed by atoms with E-state index in [0.29, 0.717) is 11.8 Å². The van der Waals surface area contributed by atoms with Crippen molar-refractivity contribution in [1.29, 1.82) is 0 Å². The molecule has 0 fully saturated rings. The molecule has 0 saturated heterocycles. The minimum absolute atomic E-state index is 0.201. The molecule has 2 bridgehead atoms. The van der Waals surface area contributed by atoms with E-state index < -0.39 is 0 Å². The van der Waals surface area contributed by atoms with Crippen molar-refractivity contribution in [1.82, 2.24) is 5.32 Å². The first-order chi connectivity index (χ1) is 10.2. The SMILES string of the molecule is CC(C)CNCC12CC(c3ccccc31)c1ccccc12. The quantitative estimate of drug-likeness (QED) is 0.888. The van der Waals surface area contributed by atoms with E-state index in [1.807, 2.05) is 0 Å². The fraction of sp³-hybridized carbons (Fsp3) is 0.400. The van der Waals surface area contributed by atoms with Crippen molar-refractivity contribution in [2.45, 2.75) is 31.6 Å². The first-order valence-electron chi connectivity index (χ1n) is 8.12. The van der Waals surface area contributed by atoms with Crippen molar-refractivity contribution >= 4 is 0 Å². The molecule has 2 aromatic carbocycles. The Labute approximate surface area is 127 Å². The molecule has 0 atom stereocenters. The van der Waals surface area contributed by atoms with Crippen molar-refractivity contribution in [3.8, 4) is 0 Å². The number of benzene rings is 2. The van der Waals surface area contributed by atoms with Gasteiger partial charge in [-0.1, -0.05) is 62.4 Å². The Morgan fingerprint density at radius 3 is 2.14 bits per heavy atom. The maximum absolute atomic E-state index is 3.73. The van der Waals surface area contributed by atoms with Gasteiger partial charge in [0.25, 0.3) is 0 Å². The molecule has 0 heterocycles. The van der Waals surface area contributed by atoms with E-state index in [4.69, 9.17) is 0 Å². The minimum Gasteiger partial charge on any atom is -0.315 e. The van der Waals surface area contributed by atoms with Crippen LogP contribution < -0.4 is 5.32 Å². The van der Waals surface area contributed by atoms with Gasteiger partial charge in [-0.2, -0.15) is 0 Å². The first-order valence-corrected chi connectivity index (χ1v) is 8.12. The molecule has 2 aliphatic carbocycles. The highest BCUT2D eigenvalue weighted by Crippen LogP contribution is 2.59. The Balaban J connectivity index is 1.78. The second-order valence-corrected chi connectivity index (χ2v) is 7.04. The Morgan fingerprint density at radius 1 is 1.00 bits per heavy atom. The van der Waals surface area contributed by atoms with Gasteiger partial charge in [0.1, 0.15) is 0 Å². The Bertz CT molecular complexity index is 624. The molecule has 0 aromatic heterocycles. The fourth-order valence-corrected chi connectivity index (χ4v) is 4.41. The molecular weight excluding hydrogens is 254 g/mol. The lowest BCUT2D eigenvalue weighted by Crippen LogP contribution is -2.38. The molecule has 0 amide bonds. The summed E-state index contributed by atoms with van der Waals surface area (Å²) in [5.74, 6) is 1.31. The maximum atomic E-state index is 3.73. The van der Waals surface area contributed by atoms with E-state index in [2.05, 4.69) is 67.7 Å². The van der Waals surface area contributed by atoms with Crippen LogP contribution in [0.25, 0.3) is 0 Å². The van der Waals surface area contributed by atoms with Gasteiger partial charge in [-0.15, -0.1) is 0 Å². The van der Waals surface area contributed by atoms with Crippen LogP contribution in [0.2, 0.25) is 0 Å². The molecular formula is C20H23N. The van der Waals surface area contributed by atoms with Crippen LogP contribution in [0, 0.1) is 5.92 Å². The normalized spacial score (nSPS) is 25.2. The van der Waals surface area contributed by atoms with E-state index in [0.717, 1.165) is 13.1 Å². The summed E-state index contributed by atoms with van der Waals surface area (Å²) in [6.45, 7) is 6.71. The summed E-state index contributed by atoms with van der Waals surface area (Å²) in [6.07, 6.45) is 1.25. The standard InChI is InChI=1S/C20H23N/c1-14(2)12-21-13-20-11-17(15-7-3-5-9-18(15)20)16-8-4-6-10-19(16)20/h3-10,14,17,21H,11-13H2,1-2H3. The molecule has 21 heavy (non-hydrogen) atoms. The van der Waals surface area contributed by atoms with Gasteiger partial charge in [-0.05, 0) is 41.1 Å². The third kappa shape index (κ3) is 1.80. The van der Waals surface area contributed by atoms with E-state index in [1.165, 1.54) is 6.42 Å². The predicted octanol–water partition coefficient (Wildman–Crippen LogP) is 4.07. The van der Waals surface area contributed by atoms with E-state index in [9.17, 15) is 0 Å². The largest absolute Gasteiger partial charge is 0.315 e. The van der Waals surface area contributed by atoms with Crippen LogP contribution in [-0.2, 0) is 5.41 Å². The van der Waals surface area contributed by atoms with Crippen molar-refractivity contribution in [3.05, 3.63) is 70.8 Å². The lowest BCUT2D eigenvalue weighted by Gasteiger charge is -2.32. The molecule has 108 valence electrons. The predicted molar refractivity (Wildman–Crippen MR) is 87.8 cm³/mol. The first kappa shape index (κ1) is 13.1. The number of hydrogen-bond donors (Lipinski definition) is 1. The number of fused-ring (bicyclic) bond motifs is 8. The summed E-state index contributed by atoms with van der Waals surface area (Å²) < 4.78 is 0. The average Bonchev–Trinajstić information content (AvgIpc) is 3.00. The van der Waals surface area contributed by atoms with Crippen molar-refractivity contribution in [2.24, 2.45) is 5.92 Å². The molecule has 1 heteroatoms. The zero-order valence-electron chi connectivity index (χ0n) is 12.9. The van der Waals surface area contributed by atoms with Gasteiger partial charge < -0.3 is 5.32 Å². The van der Waals surface area contributed by atoms with E-state index in [-0.39, 0.29) is 5.41 Å². The van der Waals surface area contributed by atoms with E-state index in [1.54, 1.807) is 22.3 Å². The van der Waals surface area contributed by atoms with Crippen LogP contribution in [0.1, 0.15) is 48.4 Å². The topological polar surface area (TPSA) is 12.0 Å². The lowest BCUT2D eigenvalue weighted by molar-refractivity contribution is 0.449. The van der Waals surface area contributed by atoms with Crippen molar-refractivity contribution in [3.63, 3.8) is 0 Å². The molecule has 0 unspecified atom stereocenters. The zero-order chi connectivity index (χ0) is 14.4. The average molecular weight is 277 g/mol. The van der Waals surface area contributed by atoms with Crippen molar-refractivity contribution in [2.75, 3.05) is 13.1 Å². The highest BCUT2D eigenvalue weighted by atomic mass is 14.9. The summed E-state index contributed by atoms with van der Waals surface area (Å²) >= 11 is 0. The van der Waals surface area contributed by atoms with Gasteiger partial charge in [0.05, 0.1) is 0 Å². The smallest absolute Gasteiger partial charge is 0.0342 e. The second kappa shape index (κ2) is 4.71. The van der Waals surface area contributed by atoms with Gasteiger partial charge >= 0.3 is 0 Å². The van der Waals surface area contributed by atoms with Gasteiger partial charge in [0.2, 0.25) is 0 Å². The molecule has 0 spiro atoms. The lowest BCUT2D eigenvalue weighted by atomic mass is 9.75. The molecule has 1 N–H and O–H groups in total.